The molecule has 0 aliphatic carbocycles. The molecule has 3 aromatic rings. The number of anilines is 1. The van der Waals surface area contributed by atoms with Crippen LogP contribution in [0, 0.1) is 18.6 Å². The van der Waals surface area contributed by atoms with Crippen LogP contribution >= 0.6 is 15.9 Å². The first-order valence-corrected chi connectivity index (χ1v) is 8.24. The van der Waals surface area contributed by atoms with Gasteiger partial charge in [0.05, 0.1) is 5.69 Å². The highest BCUT2D eigenvalue weighted by atomic mass is 79.9. The number of rotatable bonds is 4. The third-order valence-corrected chi connectivity index (χ3v) is 4.19. The van der Waals surface area contributed by atoms with Gasteiger partial charge in [0, 0.05) is 28.1 Å². The Bertz CT molecular complexity index is 1040. The summed E-state index contributed by atoms with van der Waals surface area (Å²) in [5.74, 6) is -2.01. The lowest BCUT2D eigenvalue weighted by molar-refractivity contribution is -0.118. The third kappa shape index (κ3) is 3.91. The summed E-state index contributed by atoms with van der Waals surface area (Å²) in [6.07, 6.45) is 0. The van der Waals surface area contributed by atoms with E-state index >= 15 is 0 Å². The van der Waals surface area contributed by atoms with E-state index in [0.717, 1.165) is 17.0 Å². The summed E-state index contributed by atoms with van der Waals surface area (Å²) in [4.78, 5) is 23.4. The fourth-order valence-corrected chi connectivity index (χ4v) is 2.89. The van der Waals surface area contributed by atoms with Crippen LogP contribution in [0.2, 0.25) is 0 Å². The molecule has 0 radical (unpaired) electrons. The standard InChI is InChI=1S/C18H12BrF2NO4/c1-9-4-17(24)26-15-7-11(2-3-12(9)15)25-8-16(23)22-18-13(19)5-10(20)6-14(18)21/h2-7H,8H2,1H3,(H,22,23). The van der Waals surface area contributed by atoms with Crippen LogP contribution in [0.1, 0.15) is 5.56 Å². The number of carbonyl (C=O) groups is 1. The molecule has 1 amide bonds. The second-order valence-electron chi connectivity index (χ2n) is 5.49. The highest BCUT2D eigenvalue weighted by molar-refractivity contribution is 9.10. The Labute approximate surface area is 154 Å². The summed E-state index contributed by atoms with van der Waals surface area (Å²) in [5, 5.41) is 3.05. The van der Waals surface area contributed by atoms with Gasteiger partial charge in [-0.2, -0.15) is 0 Å². The normalized spacial score (nSPS) is 10.8. The van der Waals surface area contributed by atoms with Crippen LogP contribution in [-0.2, 0) is 4.79 Å². The van der Waals surface area contributed by atoms with Gasteiger partial charge in [0.25, 0.3) is 5.91 Å². The van der Waals surface area contributed by atoms with Crippen molar-refractivity contribution in [2.75, 3.05) is 11.9 Å². The van der Waals surface area contributed by atoms with E-state index in [-0.39, 0.29) is 10.2 Å². The lowest BCUT2D eigenvalue weighted by Crippen LogP contribution is -2.21. The molecular weight excluding hydrogens is 412 g/mol. The number of hydrogen-bond acceptors (Lipinski definition) is 4. The Kier molecular flexibility index (Phi) is 5.03. The quantitative estimate of drug-likeness (QED) is 0.639. The summed E-state index contributed by atoms with van der Waals surface area (Å²) >= 11 is 2.99. The van der Waals surface area contributed by atoms with E-state index in [1.807, 2.05) is 0 Å². The fraction of sp³-hybridized carbons (Fsp3) is 0.111. The van der Waals surface area contributed by atoms with Crippen molar-refractivity contribution in [1.29, 1.82) is 0 Å². The number of fused-ring (bicyclic) bond motifs is 1. The maximum Gasteiger partial charge on any atom is 0.336 e. The number of aryl methyl sites for hydroxylation is 1. The maximum atomic E-state index is 13.7. The predicted molar refractivity (Wildman–Crippen MR) is 95.4 cm³/mol. The topological polar surface area (TPSA) is 68.5 Å². The number of carbonyl (C=O) groups excluding carboxylic acids is 1. The average Bonchev–Trinajstić information content (AvgIpc) is 2.55. The second-order valence-corrected chi connectivity index (χ2v) is 6.34. The molecule has 3 rings (SSSR count). The van der Waals surface area contributed by atoms with Crippen LogP contribution in [-0.4, -0.2) is 12.5 Å². The molecule has 8 heteroatoms. The minimum atomic E-state index is -0.909. The van der Waals surface area contributed by atoms with Gasteiger partial charge in [-0.25, -0.2) is 13.6 Å². The SMILES string of the molecule is Cc1cc(=O)oc2cc(OCC(=O)Nc3c(F)cc(F)cc3Br)ccc12. The highest BCUT2D eigenvalue weighted by Gasteiger charge is 2.13. The molecule has 1 heterocycles. The summed E-state index contributed by atoms with van der Waals surface area (Å²) in [7, 11) is 0. The summed E-state index contributed by atoms with van der Waals surface area (Å²) in [6.45, 7) is 1.37. The number of amides is 1. The van der Waals surface area contributed by atoms with Crippen molar-refractivity contribution in [2.24, 2.45) is 0 Å². The average molecular weight is 424 g/mol. The first-order valence-electron chi connectivity index (χ1n) is 7.45. The van der Waals surface area contributed by atoms with Gasteiger partial charge in [-0.3, -0.25) is 4.79 Å². The molecule has 134 valence electrons. The van der Waals surface area contributed by atoms with Crippen LogP contribution in [0.25, 0.3) is 11.0 Å². The van der Waals surface area contributed by atoms with Gasteiger partial charge in [0.1, 0.15) is 17.1 Å². The zero-order valence-corrected chi connectivity index (χ0v) is 15.0. The van der Waals surface area contributed by atoms with Gasteiger partial charge in [-0.1, -0.05) is 0 Å². The van der Waals surface area contributed by atoms with Gasteiger partial charge >= 0.3 is 5.63 Å². The fourth-order valence-electron chi connectivity index (χ4n) is 2.38. The molecule has 2 aromatic carbocycles. The van der Waals surface area contributed by atoms with Gasteiger partial charge in [-0.05, 0) is 46.6 Å². The number of nitrogens with one attached hydrogen (secondary N) is 1. The van der Waals surface area contributed by atoms with Crippen LogP contribution in [0.15, 0.2) is 50.1 Å². The van der Waals surface area contributed by atoms with E-state index < -0.39 is 29.8 Å². The molecule has 0 atom stereocenters. The number of hydrogen-bond donors (Lipinski definition) is 1. The molecule has 0 spiro atoms. The third-order valence-electron chi connectivity index (χ3n) is 3.56. The van der Waals surface area contributed by atoms with Crippen molar-refractivity contribution >= 4 is 38.5 Å². The van der Waals surface area contributed by atoms with E-state index in [9.17, 15) is 18.4 Å². The molecule has 0 fully saturated rings. The molecule has 0 aliphatic rings. The molecule has 0 bridgehead atoms. The zero-order chi connectivity index (χ0) is 18.8. The van der Waals surface area contributed by atoms with E-state index in [0.29, 0.717) is 17.4 Å². The molecule has 0 unspecified atom stereocenters. The first kappa shape index (κ1) is 18.1. The monoisotopic (exact) mass is 423 g/mol. The molecule has 0 saturated carbocycles. The molecule has 1 aromatic heterocycles. The van der Waals surface area contributed by atoms with E-state index in [2.05, 4.69) is 21.2 Å². The second kappa shape index (κ2) is 7.25. The van der Waals surface area contributed by atoms with Crippen LogP contribution < -0.4 is 15.7 Å². The largest absolute Gasteiger partial charge is 0.484 e. The van der Waals surface area contributed by atoms with E-state index in [1.54, 1.807) is 19.1 Å². The Morgan fingerprint density at radius 3 is 2.73 bits per heavy atom. The Hall–Kier alpha value is -2.74. The predicted octanol–water partition coefficient (Wildman–Crippen LogP) is 4.16. The zero-order valence-electron chi connectivity index (χ0n) is 13.4. The molecule has 0 saturated heterocycles. The van der Waals surface area contributed by atoms with Gasteiger partial charge in [0.2, 0.25) is 0 Å². The number of ether oxygens (including phenoxy) is 1. The Morgan fingerprint density at radius 2 is 2.00 bits per heavy atom. The number of halogens is 3. The van der Waals surface area contributed by atoms with Gasteiger partial charge in [0.15, 0.2) is 12.4 Å². The van der Waals surface area contributed by atoms with Crippen molar-refractivity contribution in [3.63, 3.8) is 0 Å². The number of benzene rings is 2. The van der Waals surface area contributed by atoms with Crippen molar-refractivity contribution in [3.8, 4) is 5.75 Å². The van der Waals surface area contributed by atoms with Crippen molar-refractivity contribution in [2.45, 2.75) is 6.92 Å². The summed E-state index contributed by atoms with van der Waals surface area (Å²) in [6, 6.07) is 7.90. The maximum absolute atomic E-state index is 13.7. The van der Waals surface area contributed by atoms with Crippen molar-refractivity contribution in [3.05, 3.63) is 68.5 Å². The lowest BCUT2D eigenvalue weighted by Gasteiger charge is -2.10. The summed E-state index contributed by atoms with van der Waals surface area (Å²) in [5.41, 5.74) is 0.430. The smallest absolute Gasteiger partial charge is 0.336 e. The summed E-state index contributed by atoms with van der Waals surface area (Å²) < 4.78 is 37.3. The van der Waals surface area contributed by atoms with E-state index in [1.165, 1.54) is 12.1 Å². The van der Waals surface area contributed by atoms with Crippen LogP contribution in [0.4, 0.5) is 14.5 Å². The van der Waals surface area contributed by atoms with Gasteiger partial charge < -0.3 is 14.5 Å². The highest BCUT2D eigenvalue weighted by Crippen LogP contribution is 2.27. The minimum absolute atomic E-state index is 0.0753. The van der Waals surface area contributed by atoms with Crippen molar-refractivity contribution in [1.82, 2.24) is 0 Å². The van der Waals surface area contributed by atoms with Gasteiger partial charge in [-0.15, -0.1) is 0 Å². The minimum Gasteiger partial charge on any atom is -0.484 e. The molecule has 0 aliphatic heterocycles. The van der Waals surface area contributed by atoms with Crippen molar-refractivity contribution < 1.29 is 22.7 Å². The van der Waals surface area contributed by atoms with E-state index in [4.69, 9.17) is 9.15 Å². The first-order chi connectivity index (χ1) is 12.3. The Morgan fingerprint density at radius 1 is 1.23 bits per heavy atom. The molecule has 5 nitrogen and oxygen atoms in total. The Balaban J connectivity index is 1.72. The van der Waals surface area contributed by atoms with Crippen LogP contribution in [0.3, 0.4) is 0 Å². The lowest BCUT2D eigenvalue weighted by atomic mass is 10.1. The molecule has 1 N–H and O–H groups in total. The molecular formula is C18H12BrF2NO4. The molecule has 26 heavy (non-hydrogen) atoms. The van der Waals surface area contributed by atoms with Crippen LogP contribution in [0.5, 0.6) is 5.75 Å².